The molecule has 4 nitrogen and oxygen atoms in total. The van der Waals surface area contributed by atoms with Crippen LogP contribution in [0.4, 0.5) is 0 Å². The molecule has 0 unspecified atom stereocenters. The lowest BCUT2D eigenvalue weighted by molar-refractivity contribution is 0.591. The summed E-state index contributed by atoms with van der Waals surface area (Å²) >= 11 is 0. The van der Waals surface area contributed by atoms with Crippen molar-refractivity contribution in [3.8, 4) is 0 Å². The zero-order valence-corrected chi connectivity index (χ0v) is 47.8. The van der Waals surface area contributed by atoms with Crippen molar-refractivity contribution in [1.29, 1.82) is 0 Å². The Hall–Kier alpha value is -8.44. The van der Waals surface area contributed by atoms with E-state index in [4.69, 9.17) is 0 Å². The highest BCUT2D eigenvalue weighted by molar-refractivity contribution is 7.86. The van der Waals surface area contributed by atoms with Gasteiger partial charge in [-0.25, -0.2) is 0 Å². The molecule has 0 amide bonds. The summed E-state index contributed by atoms with van der Waals surface area (Å²) in [6, 6.07) is 110. The summed E-state index contributed by atoms with van der Waals surface area (Å²) in [5.41, 5.74) is 2.25. The first-order valence-electron chi connectivity index (χ1n) is 27.0. The highest BCUT2D eigenvalue weighted by atomic mass is 31.2. The summed E-state index contributed by atoms with van der Waals surface area (Å²) in [7, 11) is -13.6. The Morgan fingerprint density at radius 1 is 0.148 bits per heavy atom. The van der Waals surface area contributed by atoms with Gasteiger partial charge in [0.05, 0.1) is 5.41 Å². The molecule has 0 aliphatic carbocycles. The summed E-state index contributed by atoms with van der Waals surface area (Å²) in [5, 5.41) is 8.46. The number of benzene rings is 12. The lowest BCUT2D eigenvalue weighted by Crippen LogP contribution is -2.34. The molecule has 0 saturated heterocycles. The number of rotatable bonds is 16. The fraction of sp³-hybridized carbons (Fsp3) is 0.0137. The third kappa shape index (κ3) is 9.44. The Balaban J connectivity index is 1.13. The minimum absolute atomic E-state index is 0.670. The van der Waals surface area contributed by atoms with E-state index in [0.717, 1.165) is 64.7 Å². The van der Waals surface area contributed by atoms with E-state index in [-0.39, 0.29) is 0 Å². The molecule has 0 saturated carbocycles. The van der Waals surface area contributed by atoms with Crippen LogP contribution in [0.15, 0.2) is 340 Å². The van der Waals surface area contributed by atoms with Gasteiger partial charge in [-0.2, -0.15) is 0 Å². The maximum absolute atomic E-state index is 16.0. The molecule has 0 aliphatic rings. The number of hydrogen-bond donors (Lipinski definition) is 0. The van der Waals surface area contributed by atoms with Crippen LogP contribution in [0.1, 0.15) is 22.3 Å². The topological polar surface area (TPSA) is 68.3 Å². The second-order valence-electron chi connectivity index (χ2n) is 20.1. The fourth-order valence-electron chi connectivity index (χ4n) is 11.6. The van der Waals surface area contributed by atoms with Gasteiger partial charge in [0.25, 0.3) is 0 Å². The van der Waals surface area contributed by atoms with Crippen LogP contribution in [-0.4, -0.2) is 0 Å². The largest absolute Gasteiger partial charge is 0.309 e. The Kier molecular flexibility index (Phi) is 14.8. The van der Waals surface area contributed by atoms with Crippen LogP contribution in [0.3, 0.4) is 0 Å². The van der Waals surface area contributed by atoms with E-state index in [1.54, 1.807) is 0 Å². The summed E-state index contributed by atoms with van der Waals surface area (Å²) < 4.78 is 64.0. The molecule has 12 aromatic carbocycles. The third-order valence-electron chi connectivity index (χ3n) is 15.6. The minimum Gasteiger partial charge on any atom is -0.309 e. The standard InChI is InChI=1S/C73H56O4P4/c74-78(61-25-9-1-10-26-61,62-27-11-2-12-28-62)69-49-41-57(42-50-69)73(58-43-51-70(52-44-58)79(75,63-29-13-3-14-30-63)64-31-15-4-16-32-64,59-45-53-71(54-46-59)80(76,65-33-17-5-18-34-65)66-35-19-6-20-36-66)60-47-55-72(56-48-60)81(77,67-37-21-7-22-38-67)68-39-23-8-24-40-68/h1-56H. The zero-order chi connectivity index (χ0) is 55.3. The SMILES string of the molecule is O=P(c1ccccc1)(c1ccccc1)c1ccc(C(c2ccc(P(=O)(c3ccccc3)c3ccccc3)cc2)(c2ccc(P(=O)(c3ccccc3)c3ccccc3)cc2)c2ccc(P(=O)(c3ccccc3)c3ccccc3)cc2)cc1. The first-order chi connectivity index (χ1) is 39.7. The van der Waals surface area contributed by atoms with Gasteiger partial charge < -0.3 is 18.3 Å². The predicted octanol–water partition coefficient (Wildman–Crippen LogP) is 12.6. The average Bonchev–Trinajstić information content (AvgIpc) is 3.66. The third-order valence-corrected chi connectivity index (χ3v) is 27.9. The van der Waals surface area contributed by atoms with Crippen molar-refractivity contribution in [2.24, 2.45) is 0 Å². The van der Waals surface area contributed by atoms with Crippen LogP contribution in [0.2, 0.25) is 0 Å². The molecule has 0 spiro atoms. The molecule has 0 heterocycles. The van der Waals surface area contributed by atoms with Crippen LogP contribution >= 0.6 is 28.6 Å². The molecule has 0 bridgehead atoms. The summed E-state index contributed by atoms with van der Waals surface area (Å²) in [6.07, 6.45) is 0. The van der Waals surface area contributed by atoms with E-state index in [1.165, 1.54) is 0 Å². The van der Waals surface area contributed by atoms with Gasteiger partial charge in [0.1, 0.15) is 0 Å². The van der Waals surface area contributed by atoms with Crippen molar-refractivity contribution in [2.75, 3.05) is 0 Å². The molecular weight excluding hydrogens is 1060 g/mol. The van der Waals surface area contributed by atoms with Gasteiger partial charge in [-0.1, -0.05) is 340 Å². The molecule has 392 valence electrons. The van der Waals surface area contributed by atoms with E-state index in [0.29, 0.717) is 21.2 Å². The smallest absolute Gasteiger partial charge is 0.171 e. The van der Waals surface area contributed by atoms with Crippen LogP contribution in [0, 0.1) is 0 Å². The molecule has 0 N–H and O–H groups in total. The van der Waals surface area contributed by atoms with E-state index in [2.05, 4.69) is 48.5 Å². The lowest BCUT2D eigenvalue weighted by Gasteiger charge is -2.38. The van der Waals surface area contributed by atoms with Gasteiger partial charge >= 0.3 is 0 Å². The van der Waals surface area contributed by atoms with Crippen LogP contribution in [0.5, 0.6) is 0 Å². The molecule has 12 rings (SSSR count). The normalized spacial score (nSPS) is 12.1. The van der Waals surface area contributed by atoms with E-state index in [9.17, 15) is 0 Å². The van der Waals surface area contributed by atoms with Crippen molar-refractivity contribution >= 4 is 92.2 Å². The summed E-state index contributed by atoms with van der Waals surface area (Å²) in [5.74, 6) is 0. The van der Waals surface area contributed by atoms with Crippen molar-refractivity contribution in [1.82, 2.24) is 0 Å². The molecule has 0 atom stereocenters. The van der Waals surface area contributed by atoms with Crippen LogP contribution < -0.4 is 63.7 Å². The zero-order valence-electron chi connectivity index (χ0n) is 44.3. The van der Waals surface area contributed by atoms with Gasteiger partial charge in [0, 0.05) is 63.7 Å². The lowest BCUT2D eigenvalue weighted by atomic mass is 9.65. The molecule has 0 fully saturated rings. The van der Waals surface area contributed by atoms with E-state index in [1.807, 2.05) is 291 Å². The van der Waals surface area contributed by atoms with Crippen molar-refractivity contribution in [3.05, 3.63) is 362 Å². The maximum Gasteiger partial charge on any atom is 0.171 e. The second kappa shape index (κ2) is 22.6. The molecule has 81 heavy (non-hydrogen) atoms. The molecule has 8 heteroatoms. The molecule has 12 aromatic rings. The van der Waals surface area contributed by atoms with Gasteiger partial charge in [0.15, 0.2) is 28.6 Å². The Bertz CT molecular complexity index is 3530. The second-order valence-corrected chi connectivity index (χ2v) is 31.1. The van der Waals surface area contributed by atoms with Gasteiger partial charge in [-0.15, -0.1) is 0 Å². The Morgan fingerprint density at radius 3 is 0.383 bits per heavy atom. The summed E-state index contributed by atoms with van der Waals surface area (Å²) in [4.78, 5) is 0. The first kappa shape index (κ1) is 53.2. The average molecular weight is 1120 g/mol. The summed E-state index contributed by atoms with van der Waals surface area (Å²) in [6.45, 7) is 0. The predicted molar refractivity (Wildman–Crippen MR) is 342 cm³/mol. The molecule has 0 aliphatic heterocycles. The van der Waals surface area contributed by atoms with Crippen LogP contribution in [0.25, 0.3) is 0 Å². The Labute approximate surface area is 475 Å². The molecule has 0 aromatic heterocycles. The molecule has 0 radical (unpaired) electrons. The highest BCUT2D eigenvalue weighted by Gasteiger charge is 2.42. The van der Waals surface area contributed by atoms with Crippen molar-refractivity contribution in [3.63, 3.8) is 0 Å². The fourth-order valence-corrected chi connectivity index (χ4v) is 22.2. The highest BCUT2D eigenvalue weighted by Crippen LogP contribution is 2.51. The number of hydrogen-bond acceptors (Lipinski definition) is 4. The maximum atomic E-state index is 16.0. The Morgan fingerprint density at radius 2 is 0.259 bits per heavy atom. The van der Waals surface area contributed by atoms with Gasteiger partial charge in [-0.3, -0.25) is 0 Å². The quantitative estimate of drug-likeness (QED) is 0.0714. The van der Waals surface area contributed by atoms with Crippen molar-refractivity contribution in [2.45, 2.75) is 5.41 Å². The molecular formula is C73H56O4P4. The van der Waals surface area contributed by atoms with E-state index >= 15 is 18.3 Å². The minimum atomic E-state index is -3.41. The van der Waals surface area contributed by atoms with Gasteiger partial charge in [-0.05, 0) is 22.3 Å². The van der Waals surface area contributed by atoms with Crippen molar-refractivity contribution < 1.29 is 18.3 Å². The van der Waals surface area contributed by atoms with E-state index < -0.39 is 34.0 Å². The van der Waals surface area contributed by atoms with Gasteiger partial charge in [0.2, 0.25) is 0 Å². The monoisotopic (exact) mass is 1120 g/mol. The van der Waals surface area contributed by atoms with Crippen LogP contribution in [-0.2, 0) is 23.7 Å². The first-order valence-corrected chi connectivity index (χ1v) is 33.8.